The molecule has 8 heteroatoms. The fourth-order valence-electron chi connectivity index (χ4n) is 2.37. The molecule has 0 N–H and O–H groups in total. The van der Waals surface area contributed by atoms with E-state index in [2.05, 4.69) is 0 Å². The lowest BCUT2D eigenvalue weighted by Crippen LogP contribution is -2.22. The smallest absolute Gasteiger partial charge is 0.416 e. The summed E-state index contributed by atoms with van der Waals surface area (Å²) in [6.07, 6.45) is -4.19. The third-order valence-corrected chi connectivity index (χ3v) is 5.13. The molecule has 0 aliphatic heterocycles. The van der Waals surface area contributed by atoms with Gasteiger partial charge in [-0.05, 0) is 59.1 Å². The minimum Gasteiger partial charge on any atom is -0.772 e. The van der Waals surface area contributed by atoms with Crippen molar-refractivity contribution < 1.29 is 26.7 Å². The van der Waals surface area contributed by atoms with Crippen molar-refractivity contribution in [2.45, 2.75) is 37.1 Å². The number of halogens is 4. The molecule has 3 nitrogen and oxygen atoms in total. The number of aryl methyl sites for hydroxylation is 1. The lowest BCUT2D eigenvalue weighted by Gasteiger charge is -2.25. The second kappa shape index (κ2) is 5.37. The lowest BCUT2D eigenvalue weighted by atomic mass is 9.94. The summed E-state index contributed by atoms with van der Waals surface area (Å²) in [5.74, 6) is 0. The zero-order valence-electron chi connectivity index (χ0n) is 10.9. The van der Waals surface area contributed by atoms with Gasteiger partial charge in [0.2, 0.25) is 0 Å². The predicted molar refractivity (Wildman–Crippen MR) is 70.8 cm³/mol. The van der Waals surface area contributed by atoms with Gasteiger partial charge >= 0.3 is 6.18 Å². The average molecular weight is 340 g/mol. The molecule has 0 aromatic heterocycles. The average Bonchev–Trinajstić information content (AvgIpc) is 3.17. The first-order valence-corrected chi connectivity index (χ1v) is 7.62. The van der Waals surface area contributed by atoms with Crippen molar-refractivity contribution in [3.63, 3.8) is 0 Å². The Morgan fingerprint density at radius 3 is 2.33 bits per heavy atom. The molecule has 0 amide bonds. The van der Waals surface area contributed by atoms with E-state index < -0.39 is 32.8 Å². The van der Waals surface area contributed by atoms with Crippen LogP contribution in [0.25, 0.3) is 0 Å². The fourth-order valence-corrected chi connectivity index (χ4v) is 3.33. The molecule has 1 aromatic rings. The van der Waals surface area contributed by atoms with Crippen LogP contribution in [0, 0.1) is 0 Å². The topological polar surface area (TPSA) is 57.2 Å². The van der Waals surface area contributed by atoms with Crippen molar-refractivity contribution in [2.75, 3.05) is 0 Å². The summed E-state index contributed by atoms with van der Waals surface area (Å²) < 4.78 is 60.7. The summed E-state index contributed by atoms with van der Waals surface area (Å²) in [5.41, 5.74) is -1.32. The van der Waals surface area contributed by atoms with Crippen LogP contribution in [0.3, 0.4) is 0 Å². The molecule has 0 bridgehead atoms. The summed E-state index contributed by atoms with van der Waals surface area (Å²) in [4.78, 5) is 11.3. The van der Waals surface area contributed by atoms with Gasteiger partial charge in [-0.3, -0.25) is 9.00 Å². The molecule has 0 heterocycles. The van der Waals surface area contributed by atoms with Crippen molar-refractivity contribution in [1.29, 1.82) is 0 Å². The highest BCUT2D eigenvalue weighted by Crippen LogP contribution is 2.54. The van der Waals surface area contributed by atoms with Gasteiger partial charge < -0.3 is 4.55 Å². The highest BCUT2D eigenvalue weighted by molar-refractivity contribution is 7.80. The summed E-state index contributed by atoms with van der Waals surface area (Å²) in [7, 11) is 0. The predicted octanol–water partition coefficient (Wildman–Crippen LogP) is 3.52. The van der Waals surface area contributed by atoms with E-state index in [9.17, 15) is 26.7 Å². The van der Waals surface area contributed by atoms with Crippen molar-refractivity contribution in [3.8, 4) is 0 Å². The second-order valence-electron chi connectivity index (χ2n) is 4.91. The molecule has 2 rings (SSSR count). The molecule has 1 aliphatic carbocycles. The molecular formula is C13H11ClF3O3S-. The zero-order valence-corrected chi connectivity index (χ0v) is 12.5. The van der Waals surface area contributed by atoms with E-state index in [4.69, 9.17) is 11.6 Å². The molecule has 1 unspecified atom stereocenters. The summed E-state index contributed by atoms with van der Waals surface area (Å²) in [6.45, 7) is 1.66. The number of carbonyl (C=O) groups is 1. The molecule has 21 heavy (non-hydrogen) atoms. The summed E-state index contributed by atoms with van der Waals surface area (Å²) in [6, 6.07) is 1.82. The first-order valence-electron chi connectivity index (χ1n) is 6.17. The van der Waals surface area contributed by atoms with E-state index in [1.165, 1.54) is 0 Å². The maximum Gasteiger partial charge on any atom is 0.416 e. The number of carbonyl (C=O) groups excluding carboxylic acids is 1. The minimum atomic E-state index is -4.75. The Bertz CT molecular complexity index is 624. The van der Waals surface area contributed by atoms with Crippen LogP contribution in [-0.2, 0) is 28.4 Å². The Morgan fingerprint density at radius 1 is 1.43 bits per heavy atom. The zero-order chi connectivity index (χ0) is 16.0. The molecule has 0 spiro atoms. The first kappa shape index (κ1) is 16.5. The summed E-state index contributed by atoms with van der Waals surface area (Å²) in [5, 5.41) is -0.989. The molecule has 0 radical (unpaired) electrons. The Kier molecular flexibility index (Phi) is 4.21. The SMILES string of the molecule is CCc1cc(C2(S(=O)[O-])CC2)c(C(F)(F)F)cc1C(=O)Cl. The number of alkyl halides is 3. The number of hydrogen-bond acceptors (Lipinski definition) is 3. The maximum atomic E-state index is 13.2. The van der Waals surface area contributed by atoms with Gasteiger partial charge in [-0.1, -0.05) is 13.0 Å². The van der Waals surface area contributed by atoms with E-state index in [0.29, 0.717) is 11.6 Å². The molecule has 1 atom stereocenters. The van der Waals surface area contributed by atoms with Gasteiger partial charge in [0.05, 0.1) is 10.3 Å². The van der Waals surface area contributed by atoms with Crippen LogP contribution in [0.4, 0.5) is 13.2 Å². The molecule has 116 valence electrons. The highest BCUT2D eigenvalue weighted by Gasteiger charge is 2.51. The maximum absolute atomic E-state index is 13.2. The number of hydrogen-bond donors (Lipinski definition) is 0. The van der Waals surface area contributed by atoms with Crippen LogP contribution in [0.5, 0.6) is 0 Å². The van der Waals surface area contributed by atoms with E-state index >= 15 is 0 Å². The quantitative estimate of drug-likeness (QED) is 0.623. The van der Waals surface area contributed by atoms with Crippen LogP contribution in [0.1, 0.15) is 46.8 Å². The van der Waals surface area contributed by atoms with Crippen LogP contribution >= 0.6 is 11.6 Å². The van der Waals surface area contributed by atoms with Crippen LogP contribution in [-0.4, -0.2) is 14.0 Å². The standard InChI is InChI=1S/C13H12ClF3O3S/c1-2-7-5-9(12(3-4-12)21(19)20)10(13(15,16)17)6-8(7)11(14)18/h5-6H,2-4H2,1H3,(H,19,20)/p-1. The Morgan fingerprint density at radius 2 is 2.00 bits per heavy atom. The Hall–Kier alpha value is -0.920. The number of benzene rings is 1. The molecule has 1 aromatic carbocycles. The van der Waals surface area contributed by atoms with Gasteiger partial charge in [0.1, 0.15) is 0 Å². The van der Waals surface area contributed by atoms with Crippen LogP contribution < -0.4 is 0 Å². The van der Waals surface area contributed by atoms with Gasteiger partial charge in [0, 0.05) is 5.56 Å². The van der Waals surface area contributed by atoms with Crippen molar-refractivity contribution in [2.24, 2.45) is 0 Å². The van der Waals surface area contributed by atoms with E-state index in [1.807, 2.05) is 0 Å². The lowest BCUT2D eigenvalue weighted by molar-refractivity contribution is -0.138. The van der Waals surface area contributed by atoms with Crippen molar-refractivity contribution in [3.05, 3.63) is 34.4 Å². The first-order chi connectivity index (χ1) is 9.63. The molecule has 1 aliphatic rings. The van der Waals surface area contributed by atoms with Crippen LogP contribution in [0.15, 0.2) is 12.1 Å². The normalized spacial score (nSPS) is 18.4. The summed E-state index contributed by atoms with van der Waals surface area (Å²) >= 11 is 2.67. The van der Waals surface area contributed by atoms with Crippen molar-refractivity contribution >= 4 is 27.9 Å². The van der Waals surface area contributed by atoms with Crippen molar-refractivity contribution in [1.82, 2.24) is 0 Å². The third-order valence-electron chi connectivity index (χ3n) is 3.66. The van der Waals surface area contributed by atoms with Crippen LogP contribution in [0.2, 0.25) is 0 Å². The van der Waals surface area contributed by atoms with E-state index in [0.717, 1.165) is 6.07 Å². The van der Waals surface area contributed by atoms with Gasteiger partial charge in [0.25, 0.3) is 5.24 Å². The molecule has 0 saturated heterocycles. The fraction of sp³-hybridized carbons (Fsp3) is 0.462. The Balaban J connectivity index is 2.75. The van der Waals surface area contributed by atoms with Gasteiger partial charge in [-0.2, -0.15) is 13.2 Å². The largest absolute Gasteiger partial charge is 0.772 e. The Labute approximate surface area is 126 Å². The number of rotatable bonds is 4. The third kappa shape index (κ3) is 2.86. The van der Waals surface area contributed by atoms with E-state index in [-0.39, 0.29) is 30.4 Å². The minimum absolute atomic E-state index is 0.142. The van der Waals surface area contributed by atoms with Gasteiger partial charge in [-0.25, -0.2) is 0 Å². The van der Waals surface area contributed by atoms with Gasteiger partial charge in [0.15, 0.2) is 0 Å². The van der Waals surface area contributed by atoms with E-state index in [1.54, 1.807) is 6.92 Å². The molecule has 1 fully saturated rings. The monoisotopic (exact) mass is 339 g/mol. The molecular weight excluding hydrogens is 329 g/mol. The van der Waals surface area contributed by atoms with Gasteiger partial charge in [-0.15, -0.1) is 0 Å². The highest BCUT2D eigenvalue weighted by atomic mass is 35.5. The second-order valence-corrected chi connectivity index (χ2v) is 6.50. The molecule has 1 saturated carbocycles.